The van der Waals surface area contributed by atoms with Crippen LogP contribution < -0.4 is 9.46 Å². The lowest BCUT2D eigenvalue weighted by Gasteiger charge is -2.13. The summed E-state index contributed by atoms with van der Waals surface area (Å²) in [6.07, 6.45) is 0. The first-order valence-electron chi connectivity index (χ1n) is 6.61. The Labute approximate surface area is 147 Å². The number of hydrogen-bond donors (Lipinski definition) is 1. The van der Waals surface area contributed by atoms with Gasteiger partial charge in [-0.3, -0.25) is 4.72 Å². The normalized spacial score (nSPS) is 11.7. The number of nitrogens with zero attached hydrogens (tertiary/aromatic N) is 2. The van der Waals surface area contributed by atoms with Crippen molar-refractivity contribution in [2.75, 3.05) is 11.8 Å². The van der Waals surface area contributed by atoms with Crippen LogP contribution in [-0.2, 0) is 10.0 Å². The molecular weight excluding hydrogens is 377 g/mol. The van der Waals surface area contributed by atoms with Crippen LogP contribution in [0.2, 0.25) is 10.0 Å². The topological polar surface area (TPSA) is 94.3 Å². The molecule has 0 aliphatic carbocycles. The number of ether oxygens (including phenoxy) is 1. The number of rotatable bonds is 4. The van der Waals surface area contributed by atoms with Crippen LogP contribution in [0.5, 0.6) is 5.75 Å². The highest BCUT2D eigenvalue weighted by atomic mass is 35.5. The first-order valence-corrected chi connectivity index (χ1v) is 8.85. The molecule has 24 heavy (non-hydrogen) atoms. The van der Waals surface area contributed by atoms with E-state index in [1.165, 1.54) is 25.3 Å². The van der Waals surface area contributed by atoms with Crippen LogP contribution in [0.1, 0.15) is 5.56 Å². The average molecular weight is 388 g/mol. The number of halogens is 2. The standard InChI is InChI=1S/C14H11Cl2N3O4S/c1-7-5-10(11(22-2)6-9(7)16)19-24(20,21)12-4-3-8(15)13-14(12)18-23-17-13/h3-6,19H,1-2H3. The minimum Gasteiger partial charge on any atom is -0.495 e. The molecule has 3 aromatic rings. The smallest absolute Gasteiger partial charge is 0.264 e. The number of aromatic nitrogens is 2. The first-order chi connectivity index (χ1) is 11.3. The molecule has 0 atom stereocenters. The van der Waals surface area contributed by atoms with Crippen molar-refractivity contribution in [3.8, 4) is 5.75 Å². The fraction of sp³-hybridized carbons (Fsp3) is 0.143. The monoisotopic (exact) mass is 387 g/mol. The van der Waals surface area contributed by atoms with Crippen LogP contribution in [0.25, 0.3) is 11.0 Å². The second kappa shape index (κ2) is 6.12. The van der Waals surface area contributed by atoms with Crippen LogP contribution in [0, 0.1) is 6.92 Å². The van der Waals surface area contributed by atoms with Crippen molar-refractivity contribution in [2.24, 2.45) is 0 Å². The van der Waals surface area contributed by atoms with E-state index < -0.39 is 10.0 Å². The molecule has 7 nitrogen and oxygen atoms in total. The molecule has 1 aromatic heterocycles. The Balaban J connectivity index is 2.11. The molecule has 0 amide bonds. The lowest BCUT2D eigenvalue weighted by atomic mass is 10.2. The summed E-state index contributed by atoms with van der Waals surface area (Å²) in [5.74, 6) is 0.290. The van der Waals surface area contributed by atoms with Crippen molar-refractivity contribution >= 4 is 49.9 Å². The molecule has 3 rings (SSSR count). The maximum absolute atomic E-state index is 12.7. The van der Waals surface area contributed by atoms with Gasteiger partial charge in [0.1, 0.15) is 10.6 Å². The summed E-state index contributed by atoms with van der Waals surface area (Å²) >= 11 is 12.0. The molecule has 126 valence electrons. The van der Waals surface area contributed by atoms with Gasteiger partial charge in [-0.2, -0.15) is 0 Å². The molecule has 0 radical (unpaired) electrons. The van der Waals surface area contributed by atoms with Crippen LogP contribution in [-0.4, -0.2) is 25.8 Å². The zero-order valence-electron chi connectivity index (χ0n) is 12.5. The van der Waals surface area contributed by atoms with Crippen molar-refractivity contribution in [2.45, 2.75) is 11.8 Å². The highest BCUT2D eigenvalue weighted by Gasteiger charge is 2.23. The van der Waals surface area contributed by atoms with E-state index in [1.54, 1.807) is 13.0 Å². The van der Waals surface area contributed by atoms with Crippen molar-refractivity contribution in [3.63, 3.8) is 0 Å². The molecule has 1 N–H and O–H groups in total. The van der Waals surface area contributed by atoms with E-state index in [4.69, 9.17) is 27.9 Å². The number of fused-ring (bicyclic) bond motifs is 1. The van der Waals surface area contributed by atoms with Crippen molar-refractivity contribution in [3.05, 3.63) is 39.9 Å². The molecule has 0 saturated carbocycles. The molecule has 0 bridgehead atoms. The highest BCUT2D eigenvalue weighted by molar-refractivity contribution is 7.93. The van der Waals surface area contributed by atoms with E-state index in [0.29, 0.717) is 10.6 Å². The summed E-state index contributed by atoms with van der Waals surface area (Å²) in [4.78, 5) is -0.113. The van der Waals surface area contributed by atoms with Gasteiger partial charge in [-0.1, -0.05) is 23.2 Å². The fourth-order valence-electron chi connectivity index (χ4n) is 2.14. The Hall–Kier alpha value is -2.03. The van der Waals surface area contributed by atoms with E-state index in [9.17, 15) is 8.42 Å². The van der Waals surface area contributed by atoms with Gasteiger partial charge in [0.15, 0.2) is 11.0 Å². The van der Waals surface area contributed by atoms with Gasteiger partial charge in [0.2, 0.25) is 0 Å². The van der Waals surface area contributed by atoms with Gasteiger partial charge in [0.25, 0.3) is 10.0 Å². The van der Waals surface area contributed by atoms with E-state index >= 15 is 0 Å². The molecule has 10 heteroatoms. The number of hydrogen-bond acceptors (Lipinski definition) is 6. The Kier molecular flexibility index (Phi) is 4.29. The van der Waals surface area contributed by atoms with Gasteiger partial charge < -0.3 is 4.74 Å². The quantitative estimate of drug-likeness (QED) is 0.733. The average Bonchev–Trinajstić information content (AvgIpc) is 3.00. The molecule has 0 fully saturated rings. The molecule has 0 aliphatic rings. The van der Waals surface area contributed by atoms with Gasteiger partial charge in [0.05, 0.1) is 17.8 Å². The summed E-state index contributed by atoms with van der Waals surface area (Å²) in [5.41, 5.74) is 1.15. The number of anilines is 1. The number of nitrogens with one attached hydrogen (secondary N) is 1. The summed E-state index contributed by atoms with van der Waals surface area (Å²) in [6.45, 7) is 1.75. The maximum atomic E-state index is 12.7. The number of sulfonamides is 1. The second-order valence-corrected chi connectivity index (χ2v) is 7.38. The zero-order chi connectivity index (χ0) is 17.5. The Morgan fingerprint density at radius 2 is 1.83 bits per heavy atom. The number of aryl methyl sites for hydroxylation is 1. The third-order valence-electron chi connectivity index (χ3n) is 3.34. The third kappa shape index (κ3) is 2.88. The predicted molar refractivity (Wildman–Crippen MR) is 90.4 cm³/mol. The van der Waals surface area contributed by atoms with Gasteiger partial charge >= 0.3 is 0 Å². The van der Waals surface area contributed by atoms with Crippen LogP contribution in [0.3, 0.4) is 0 Å². The Morgan fingerprint density at radius 3 is 2.54 bits per heavy atom. The van der Waals surface area contributed by atoms with Crippen LogP contribution in [0.15, 0.2) is 33.8 Å². The lowest BCUT2D eigenvalue weighted by molar-refractivity contribution is 0.315. The predicted octanol–water partition coefficient (Wildman–Crippen LogP) is 3.65. The third-order valence-corrected chi connectivity index (χ3v) is 5.45. The van der Waals surface area contributed by atoms with E-state index in [-0.39, 0.29) is 32.4 Å². The van der Waals surface area contributed by atoms with Crippen molar-refractivity contribution < 1.29 is 17.8 Å². The molecule has 0 aliphatic heterocycles. The fourth-order valence-corrected chi connectivity index (χ4v) is 3.68. The highest BCUT2D eigenvalue weighted by Crippen LogP contribution is 2.34. The minimum absolute atomic E-state index is 0.0413. The van der Waals surface area contributed by atoms with Crippen molar-refractivity contribution in [1.29, 1.82) is 0 Å². The zero-order valence-corrected chi connectivity index (χ0v) is 14.8. The molecule has 2 aromatic carbocycles. The lowest BCUT2D eigenvalue weighted by Crippen LogP contribution is -2.14. The van der Waals surface area contributed by atoms with Gasteiger partial charge in [0, 0.05) is 11.1 Å². The Morgan fingerprint density at radius 1 is 1.12 bits per heavy atom. The van der Waals surface area contributed by atoms with Crippen LogP contribution >= 0.6 is 23.2 Å². The SMILES string of the molecule is COc1cc(Cl)c(C)cc1NS(=O)(=O)c1ccc(Cl)c2nonc12. The summed E-state index contributed by atoms with van der Waals surface area (Å²) in [5, 5.41) is 7.93. The minimum atomic E-state index is -3.98. The van der Waals surface area contributed by atoms with E-state index in [1.807, 2.05) is 0 Å². The van der Waals surface area contributed by atoms with E-state index in [0.717, 1.165) is 0 Å². The first kappa shape index (κ1) is 16.8. The molecule has 0 saturated heterocycles. The molecular formula is C14H11Cl2N3O4S. The van der Waals surface area contributed by atoms with Crippen LogP contribution in [0.4, 0.5) is 5.69 Å². The van der Waals surface area contributed by atoms with Gasteiger partial charge in [-0.05, 0) is 41.0 Å². The van der Waals surface area contributed by atoms with Crippen molar-refractivity contribution in [1.82, 2.24) is 10.3 Å². The summed E-state index contributed by atoms with van der Waals surface area (Å²) in [6, 6.07) is 5.84. The summed E-state index contributed by atoms with van der Waals surface area (Å²) < 4.78 is 37.7. The number of methoxy groups -OCH3 is 1. The Bertz CT molecular complexity index is 1030. The van der Waals surface area contributed by atoms with Gasteiger partial charge in [-0.25, -0.2) is 13.0 Å². The molecule has 0 unspecified atom stereocenters. The molecule has 0 spiro atoms. The largest absolute Gasteiger partial charge is 0.495 e. The molecule has 1 heterocycles. The second-order valence-electron chi connectivity index (χ2n) is 4.91. The number of benzene rings is 2. The van der Waals surface area contributed by atoms with E-state index in [2.05, 4.69) is 19.7 Å². The maximum Gasteiger partial charge on any atom is 0.264 e. The van der Waals surface area contributed by atoms with Gasteiger partial charge in [-0.15, -0.1) is 0 Å². The summed E-state index contributed by atoms with van der Waals surface area (Å²) in [7, 11) is -2.57.